The van der Waals surface area contributed by atoms with Gasteiger partial charge in [-0.1, -0.05) is 20.3 Å². The van der Waals surface area contributed by atoms with Gasteiger partial charge in [0.15, 0.2) is 0 Å². The molecule has 3 heteroatoms. The Morgan fingerprint density at radius 2 is 1.93 bits per heavy atom. The molecule has 0 aromatic carbocycles. The summed E-state index contributed by atoms with van der Waals surface area (Å²) in [7, 11) is 2.21. The van der Waals surface area contributed by atoms with Gasteiger partial charge in [0, 0.05) is 25.7 Å². The first kappa shape index (κ1) is 12.9. The Morgan fingerprint density at radius 3 is 2.60 bits per heavy atom. The molecule has 2 N–H and O–H groups in total. The average molecular weight is 213 g/mol. The third kappa shape index (κ3) is 4.49. The topological polar surface area (TPSA) is 32.5 Å². The van der Waals surface area contributed by atoms with Crippen molar-refractivity contribution < 1.29 is 0 Å². The summed E-state index contributed by atoms with van der Waals surface area (Å²) in [5, 5.41) is 0. The molecule has 90 valence electrons. The van der Waals surface area contributed by atoms with E-state index in [2.05, 4.69) is 30.7 Å². The standard InChI is InChI=1S/C12H27N3/c1-4-11(2)12(13)10-15-7-5-6-14(3)8-9-15/h11-12H,4-10,13H2,1-3H3/t11-,12-/m0/s1. The molecule has 0 unspecified atom stereocenters. The van der Waals surface area contributed by atoms with Gasteiger partial charge in [0.05, 0.1) is 0 Å². The molecule has 2 atom stereocenters. The summed E-state index contributed by atoms with van der Waals surface area (Å²) in [6.45, 7) is 10.4. The lowest BCUT2D eigenvalue weighted by Gasteiger charge is -2.27. The van der Waals surface area contributed by atoms with E-state index in [9.17, 15) is 0 Å². The van der Waals surface area contributed by atoms with E-state index in [1.807, 2.05) is 0 Å². The van der Waals surface area contributed by atoms with Crippen LogP contribution in [0.15, 0.2) is 0 Å². The summed E-state index contributed by atoms with van der Waals surface area (Å²) in [6, 6.07) is 0.346. The molecule has 0 radical (unpaired) electrons. The summed E-state index contributed by atoms with van der Waals surface area (Å²) >= 11 is 0. The molecule has 1 rings (SSSR count). The van der Waals surface area contributed by atoms with Gasteiger partial charge < -0.3 is 15.5 Å². The minimum atomic E-state index is 0.346. The lowest BCUT2D eigenvalue weighted by molar-refractivity contribution is 0.236. The Balaban J connectivity index is 2.30. The first-order valence-electron chi connectivity index (χ1n) is 6.30. The number of nitrogens with zero attached hydrogens (tertiary/aromatic N) is 2. The first-order chi connectivity index (χ1) is 7.13. The van der Waals surface area contributed by atoms with Crippen molar-refractivity contribution in [1.29, 1.82) is 0 Å². The maximum absolute atomic E-state index is 6.19. The number of likely N-dealkylation sites (N-methyl/N-ethyl adjacent to an activating group) is 1. The van der Waals surface area contributed by atoms with Crippen LogP contribution in [0.25, 0.3) is 0 Å². The fourth-order valence-electron chi connectivity index (χ4n) is 2.06. The van der Waals surface area contributed by atoms with Gasteiger partial charge in [0.25, 0.3) is 0 Å². The largest absolute Gasteiger partial charge is 0.326 e. The van der Waals surface area contributed by atoms with Gasteiger partial charge in [-0.3, -0.25) is 0 Å². The Kier molecular flexibility index (Phi) is 5.58. The van der Waals surface area contributed by atoms with Crippen LogP contribution in [0.2, 0.25) is 0 Å². The van der Waals surface area contributed by atoms with E-state index in [0.717, 1.165) is 6.54 Å². The maximum atomic E-state index is 6.19. The van der Waals surface area contributed by atoms with E-state index in [-0.39, 0.29) is 0 Å². The maximum Gasteiger partial charge on any atom is 0.0193 e. The van der Waals surface area contributed by atoms with Gasteiger partial charge in [0.1, 0.15) is 0 Å². The highest BCUT2D eigenvalue weighted by atomic mass is 15.2. The Morgan fingerprint density at radius 1 is 1.20 bits per heavy atom. The van der Waals surface area contributed by atoms with E-state index in [4.69, 9.17) is 5.73 Å². The summed E-state index contributed by atoms with van der Waals surface area (Å²) in [5.74, 6) is 0.644. The minimum absolute atomic E-state index is 0.346. The second-order valence-electron chi connectivity index (χ2n) is 5.01. The van der Waals surface area contributed by atoms with Crippen molar-refractivity contribution in [2.24, 2.45) is 11.7 Å². The number of nitrogens with two attached hydrogens (primary N) is 1. The molecule has 0 aliphatic carbocycles. The van der Waals surface area contributed by atoms with Gasteiger partial charge in [-0.05, 0) is 32.5 Å². The molecule has 0 aromatic rings. The molecule has 1 saturated heterocycles. The van der Waals surface area contributed by atoms with Gasteiger partial charge in [-0.15, -0.1) is 0 Å². The van der Waals surface area contributed by atoms with Crippen LogP contribution >= 0.6 is 0 Å². The molecular formula is C12H27N3. The third-order valence-corrected chi connectivity index (χ3v) is 3.66. The molecule has 0 amide bonds. The first-order valence-corrected chi connectivity index (χ1v) is 6.30. The highest BCUT2D eigenvalue weighted by molar-refractivity contribution is 4.75. The second-order valence-corrected chi connectivity index (χ2v) is 5.01. The number of rotatable bonds is 4. The van der Waals surface area contributed by atoms with Crippen LogP contribution in [-0.4, -0.2) is 55.6 Å². The van der Waals surface area contributed by atoms with Crippen LogP contribution < -0.4 is 5.73 Å². The lowest BCUT2D eigenvalue weighted by Crippen LogP contribution is -2.42. The second kappa shape index (κ2) is 6.46. The normalized spacial score (nSPS) is 24.8. The zero-order chi connectivity index (χ0) is 11.3. The predicted molar refractivity (Wildman–Crippen MR) is 66.0 cm³/mol. The smallest absolute Gasteiger partial charge is 0.0193 e. The van der Waals surface area contributed by atoms with E-state index in [1.165, 1.54) is 39.0 Å². The van der Waals surface area contributed by atoms with Crippen LogP contribution in [-0.2, 0) is 0 Å². The molecule has 3 nitrogen and oxygen atoms in total. The van der Waals surface area contributed by atoms with Crippen molar-refractivity contribution in [3.63, 3.8) is 0 Å². The van der Waals surface area contributed by atoms with E-state index < -0.39 is 0 Å². The van der Waals surface area contributed by atoms with Crippen LogP contribution in [0.1, 0.15) is 26.7 Å². The fraction of sp³-hybridized carbons (Fsp3) is 1.00. The molecule has 1 aliphatic heterocycles. The Labute approximate surface area is 94.6 Å². The van der Waals surface area contributed by atoms with Crippen LogP contribution in [0, 0.1) is 5.92 Å². The lowest BCUT2D eigenvalue weighted by atomic mass is 9.99. The minimum Gasteiger partial charge on any atom is -0.326 e. The van der Waals surface area contributed by atoms with Crippen molar-refractivity contribution in [2.45, 2.75) is 32.7 Å². The van der Waals surface area contributed by atoms with E-state index in [0.29, 0.717) is 12.0 Å². The SMILES string of the molecule is CC[C@H](C)[C@@H](N)CN1CCCN(C)CC1. The van der Waals surface area contributed by atoms with Crippen LogP contribution in [0.4, 0.5) is 0 Å². The highest BCUT2D eigenvalue weighted by Gasteiger charge is 2.17. The molecule has 0 saturated carbocycles. The van der Waals surface area contributed by atoms with Gasteiger partial charge in [0.2, 0.25) is 0 Å². The number of hydrogen-bond acceptors (Lipinski definition) is 3. The summed E-state index contributed by atoms with van der Waals surface area (Å²) in [4.78, 5) is 4.94. The molecule has 15 heavy (non-hydrogen) atoms. The zero-order valence-electron chi connectivity index (χ0n) is 10.6. The van der Waals surface area contributed by atoms with Crippen molar-refractivity contribution in [1.82, 2.24) is 9.80 Å². The summed E-state index contributed by atoms with van der Waals surface area (Å²) < 4.78 is 0. The van der Waals surface area contributed by atoms with E-state index in [1.54, 1.807) is 0 Å². The van der Waals surface area contributed by atoms with Crippen molar-refractivity contribution >= 4 is 0 Å². The monoisotopic (exact) mass is 213 g/mol. The predicted octanol–water partition coefficient (Wildman–Crippen LogP) is 0.997. The Bertz CT molecular complexity index is 172. The molecule has 1 fully saturated rings. The van der Waals surface area contributed by atoms with Crippen LogP contribution in [0.3, 0.4) is 0 Å². The van der Waals surface area contributed by atoms with Gasteiger partial charge in [-0.2, -0.15) is 0 Å². The average Bonchev–Trinajstić information content (AvgIpc) is 2.42. The number of hydrogen-bond donors (Lipinski definition) is 1. The van der Waals surface area contributed by atoms with Crippen LogP contribution in [0.5, 0.6) is 0 Å². The van der Waals surface area contributed by atoms with Crippen molar-refractivity contribution in [3.8, 4) is 0 Å². The summed E-state index contributed by atoms with van der Waals surface area (Å²) in [5.41, 5.74) is 6.19. The Hall–Kier alpha value is -0.120. The fourth-order valence-corrected chi connectivity index (χ4v) is 2.06. The zero-order valence-corrected chi connectivity index (χ0v) is 10.6. The quantitative estimate of drug-likeness (QED) is 0.756. The molecule has 1 heterocycles. The van der Waals surface area contributed by atoms with Crippen molar-refractivity contribution in [3.05, 3.63) is 0 Å². The molecule has 0 aromatic heterocycles. The molecule has 0 bridgehead atoms. The van der Waals surface area contributed by atoms with Gasteiger partial charge in [-0.25, -0.2) is 0 Å². The molecular weight excluding hydrogens is 186 g/mol. The van der Waals surface area contributed by atoms with Crippen molar-refractivity contribution in [2.75, 3.05) is 39.8 Å². The highest BCUT2D eigenvalue weighted by Crippen LogP contribution is 2.08. The third-order valence-electron chi connectivity index (χ3n) is 3.66. The molecule has 1 aliphatic rings. The van der Waals surface area contributed by atoms with E-state index >= 15 is 0 Å². The molecule has 0 spiro atoms. The summed E-state index contributed by atoms with van der Waals surface area (Å²) in [6.07, 6.45) is 2.47. The van der Waals surface area contributed by atoms with Gasteiger partial charge >= 0.3 is 0 Å².